The lowest BCUT2D eigenvalue weighted by molar-refractivity contribution is -0.0203. The van der Waals surface area contributed by atoms with Gasteiger partial charge >= 0.3 is 6.09 Å². The average molecular weight is 451 g/mol. The summed E-state index contributed by atoms with van der Waals surface area (Å²) in [4.78, 5) is 25.7. The first-order valence-corrected chi connectivity index (χ1v) is 11.6. The topological polar surface area (TPSA) is 88.1 Å². The van der Waals surface area contributed by atoms with Crippen LogP contribution in [0.15, 0.2) is 18.2 Å². The summed E-state index contributed by atoms with van der Waals surface area (Å²) in [5, 5.41) is 11.2. The van der Waals surface area contributed by atoms with Crippen molar-refractivity contribution in [2.75, 3.05) is 32.8 Å². The molecule has 3 rings (SSSR count). The lowest BCUT2D eigenvalue weighted by Gasteiger charge is -2.52. The van der Waals surface area contributed by atoms with Crippen LogP contribution in [0, 0.1) is 17.2 Å². The first-order chi connectivity index (χ1) is 15.3. The van der Waals surface area contributed by atoms with Crippen molar-refractivity contribution in [3.63, 3.8) is 0 Å². The molecule has 2 N–H and O–H groups in total. The molecule has 2 amide bonds. The van der Waals surface area contributed by atoms with Gasteiger partial charge in [0.25, 0.3) is 5.91 Å². The Morgan fingerprint density at radius 2 is 2.00 bits per heavy atom. The molecule has 1 spiro atoms. The first kappa shape index (κ1) is 24.3. The Labute approximate surface area is 189 Å². The van der Waals surface area contributed by atoms with Gasteiger partial charge in [-0.3, -0.25) is 4.79 Å². The molecule has 1 aromatic carbocycles. The first-order valence-electron chi connectivity index (χ1n) is 11.6. The van der Waals surface area contributed by atoms with Crippen LogP contribution < -0.4 is 10.1 Å². The maximum Gasteiger partial charge on any atom is 0.410 e. The molecule has 7 nitrogen and oxygen atoms in total. The van der Waals surface area contributed by atoms with Crippen molar-refractivity contribution in [1.29, 1.82) is 0 Å². The number of carbonyl (C=O) groups excluding carboxylic acids is 2. The Kier molecular flexibility index (Phi) is 8.34. The van der Waals surface area contributed by atoms with Crippen molar-refractivity contribution in [2.24, 2.45) is 11.3 Å². The molecule has 178 valence electrons. The van der Waals surface area contributed by atoms with E-state index in [0.29, 0.717) is 23.7 Å². The highest BCUT2D eigenvalue weighted by Gasteiger charge is 2.46. The highest BCUT2D eigenvalue weighted by Crippen LogP contribution is 2.54. The van der Waals surface area contributed by atoms with Gasteiger partial charge < -0.3 is 24.8 Å². The predicted octanol–water partition coefficient (Wildman–Crippen LogP) is 3.74. The molecule has 1 aliphatic carbocycles. The van der Waals surface area contributed by atoms with E-state index in [1.807, 2.05) is 18.7 Å². The molecule has 0 aromatic heterocycles. The number of nitrogens with zero attached hydrogens (tertiary/aromatic N) is 1. The van der Waals surface area contributed by atoms with Gasteiger partial charge in [0, 0.05) is 25.7 Å². The van der Waals surface area contributed by atoms with Gasteiger partial charge in [-0.05, 0) is 75.8 Å². The van der Waals surface area contributed by atoms with Gasteiger partial charge in [0.2, 0.25) is 0 Å². The Bertz CT molecular complexity index is 785. The van der Waals surface area contributed by atoms with Crippen LogP contribution in [0.4, 0.5) is 9.18 Å². The molecule has 2 aliphatic rings. The van der Waals surface area contributed by atoms with Crippen LogP contribution in [0.3, 0.4) is 0 Å². The summed E-state index contributed by atoms with van der Waals surface area (Å²) >= 11 is 0. The maximum absolute atomic E-state index is 14.1. The average Bonchev–Trinajstić information content (AvgIpc) is 2.73. The van der Waals surface area contributed by atoms with Crippen molar-refractivity contribution in [3.8, 4) is 5.75 Å². The predicted molar refractivity (Wildman–Crippen MR) is 118 cm³/mol. The number of aliphatic hydroxyl groups is 1. The van der Waals surface area contributed by atoms with Gasteiger partial charge in [-0.15, -0.1) is 0 Å². The number of hydrogen-bond acceptors (Lipinski definition) is 5. The van der Waals surface area contributed by atoms with Crippen LogP contribution in [-0.2, 0) is 4.74 Å². The molecule has 1 aliphatic heterocycles. The van der Waals surface area contributed by atoms with Gasteiger partial charge in [0.15, 0.2) is 0 Å². The van der Waals surface area contributed by atoms with E-state index >= 15 is 0 Å². The minimum Gasteiger partial charge on any atom is -0.493 e. The second-order valence-electron chi connectivity index (χ2n) is 9.31. The molecule has 2 fully saturated rings. The fraction of sp³-hybridized carbons (Fsp3) is 0.667. The summed E-state index contributed by atoms with van der Waals surface area (Å²) in [5.41, 5.74) is 0.324. The number of carbonyl (C=O) groups is 2. The molecule has 0 radical (unpaired) electrons. The Morgan fingerprint density at radius 1 is 1.28 bits per heavy atom. The molecule has 8 heteroatoms. The summed E-state index contributed by atoms with van der Waals surface area (Å²) in [7, 11) is 0. The van der Waals surface area contributed by atoms with Gasteiger partial charge in [-0.25, -0.2) is 9.18 Å². The molecule has 0 bridgehead atoms. The van der Waals surface area contributed by atoms with Crippen molar-refractivity contribution < 1.29 is 28.6 Å². The van der Waals surface area contributed by atoms with Crippen LogP contribution in [-0.4, -0.2) is 61.0 Å². The third kappa shape index (κ3) is 6.34. The largest absolute Gasteiger partial charge is 0.493 e. The molecular formula is C24H35FN2O5. The van der Waals surface area contributed by atoms with Gasteiger partial charge in [-0.1, -0.05) is 0 Å². The third-order valence-corrected chi connectivity index (χ3v) is 6.47. The van der Waals surface area contributed by atoms with Crippen molar-refractivity contribution in [3.05, 3.63) is 29.6 Å². The van der Waals surface area contributed by atoms with E-state index in [4.69, 9.17) is 14.6 Å². The second-order valence-corrected chi connectivity index (χ2v) is 9.31. The molecule has 1 saturated carbocycles. The zero-order chi connectivity index (χ0) is 23.1. The number of ether oxygens (including phenoxy) is 2. The number of likely N-dealkylation sites (tertiary alicyclic amines) is 1. The van der Waals surface area contributed by atoms with Gasteiger partial charge in [0.1, 0.15) is 11.6 Å². The molecule has 0 unspecified atom stereocenters. The van der Waals surface area contributed by atoms with Gasteiger partial charge in [-0.2, -0.15) is 0 Å². The number of aliphatic hydroxyl groups excluding tert-OH is 1. The highest BCUT2D eigenvalue weighted by atomic mass is 19.1. The normalized spacial score (nSPS) is 17.8. The minimum absolute atomic E-state index is 0.0610. The van der Waals surface area contributed by atoms with E-state index in [9.17, 15) is 14.0 Å². The number of nitrogens with one attached hydrogen (secondary N) is 1. The fourth-order valence-corrected chi connectivity index (χ4v) is 4.81. The summed E-state index contributed by atoms with van der Waals surface area (Å²) in [6, 6.07) is 4.22. The Morgan fingerprint density at radius 3 is 2.62 bits per heavy atom. The van der Waals surface area contributed by atoms with Crippen molar-refractivity contribution in [1.82, 2.24) is 10.2 Å². The Hall–Kier alpha value is -2.35. The molecule has 32 heavy (non-hydrogen) atoms. The van der Waals surface area contributed by atoms with Crippen LogP contribution >= 0.6 is 0 Å². The molecule has 1 heterocycles. The van der Waals surface area contributed by atoms with Crippen molar-refractivity contribution >= 4 is 12.0 Å². The molecule has 1 saturated heterocycles. The van der Waals surface area contributed by atoms with Crippen molar-refractivity contribution in [2.45, 2.75) is 58.5 Å². The summed E-state index contributed by atoms with van der Waals surface area (Å²) in [6.45, 7) is 5.70. The zero-order valence-electron chi connectivity index (χ0n) is 19.1. The molecule has 0 atom stereocenters. The van der Waals surface area contributed by atoms with Gasteiger partial charge in [0.05, 0.1) is 24.9 Å². The third-order valence-electron chi connectivity index (χ3n) is 6.47. The minimum atomic E-state index is -0.637. The fourth-order valence-electron chi connectivity index (χ4n) is 4.81. The highest BCUT2D eigenvalue weighted by molar-refractivity contribution is 5.94. The number of piperidine rings is 1. The van der Waals surface area contributed by atoms with E-state index in [1.54, 1.807) is 6.07 Å². The number of rotatable bonds is 9. The molecule has 1 aromatic rings. The van der Waals surface area contributed by atoms with E-state index in [1.165, 1.54) is 25.0 Å². The SMILES string of the molecule is CC(C)OC(=O)N1CCC2(CC1)CC(CCCOc1ccc(C(=O)NCCO)c(F)c1)C2. The van der Waals surface area contributed by atoms with E-state index < -0.39 is 11.7 Å². The zero-order valence-corrected chi connectivity index (χ0v) is 19.1. The summed E-state index contributed by atoms with van der Waals surface area (Å²) in [5.74, 6) is -0.0961. The lowest BCUT2D eigenvalue weighted by atomic mass is 9.56. The number of amides is 2. The van der Waals surface area contributed by atoms with Crippen LogP contribution in [0.1, 0.15) is 62.7 Å². The monoisotopic (exact) mass is 450 g/mol. The number of halogens is 1. The maximum atomic E-state index is 14.1. The lowest BCUT2D eigenvalue weighted by Crippen LogP contribution is -2.49. The smallest absolute Gasteiger partial charge is 0.410 e. The van der Waals surface area contributed by atoms with Crippen LogP contribution in [0.5, 0.6) is 5.75 Å². The van der Waals surface area contributed by atoms with Crippen LogP contribution in [0.2, 0.25) is 0 Å². The van der Waals surface area contributed by atoms with E-state index in [2.05, 4.69) is 5.32 Å². The van der Waals surface area contributed by atoms with Crippen LogP contribution in [0.25, 0.3) is 0 Å². The summed E-state index contributed by atoms with van der Waals surface area (Å²) < 4.78 is 25.1. The second kappa shape index (κ2) is 11.0. The Balaban J connectivity index is 1.32. The number of benzene rings is 1. The number of hydrogen-bond donors (Lipinski definition) is 2. The quantitative estimate of drug-likeness (QED) is 0.560. The standard InChI is InChI=1S/C24H35FN2O5/c1-17(2)32-23(30)27-10-7-24(8-11-27)15-18(16-24)4-3-13-31-19-5-6-20(21(25)14-19)22(29)26-9-12-28/h5-6,14,17-18,28H,3-4,7-13,15-16H2,1-2H3,(H,26,29). The molecular weight excluding hydrogens is 415 g/mol. The van der Waals surface area contributed by atoms with E-state index in [-0.39, 0.29) is 30.9 Å². The van der Waals surface area contributed by atoms with E-state index in [0.717, 1.165) is 38.8 Å². The summed E-state index contributed by atoms with van der Waals surface area (Å²) in [6.07, 6.45) is 6.19.